The fourth-order valence-electron chi connectivity index (χ4n) is 1.49. The average Bonchev–Trinajstić information content (AvgIpc) is 2.35. The van der Waals surface area contributed by atoms with E-state index in [1.165, 1.54) is 7.11 Å². The zero-order valence-electron chi connectivity index (χ0n) is 10.4. The lowest BCUT2D eigenvalue weighted by molar-refractivity contribution is 0.398. The first-order chi connectivity index (χ1) is 8.99. The van der Waals surface area contributed by atoms with Crippen LogP contribution in [-0.4, -0.2) is 17.1 Å². The molecule has 0 aliphatic rings. The third kappa shape index (κ3) is 3.19. The Bertz CT molecular complexity index is 619. The molecule has 2 aromatic rings. The van der Waals surface area contributed by atoms with Crippen molar-refractivity contribution in [1.82, 2.24) is 9.97 Å². The van der Waals surface area contributed by atoms with Gasteiger partial charge in [0.05, 0.1) is 17.8 Å². The van der Waals surface area contributed by atoms with Crippen LogP contribution >= 0.6 is 23.2 Å². The van der Waals surface area contributed by atoms with Gasteiger partial charge in [0.25, 0.3) is 0 Å². The molecule has 0 bridgehead atoms. The molecular formula is C12H12Cl2N4O. The Labute approximate surface area is 120 Å². The van der Waals surface area contributed by atoms with Gasteiger partial charge < -0.3 is 15.8 Å². The molecule has 0 spiro atoms. The largest absolute Gasteiger partial charge is 0.481 e. The zero-order valence-corrected chi connectivity index (χ0v) is 11.9. The van der Waals surface area contributed by atoms with E-state index in [1.807, 2.05) is 6.92 Å². The number of nitrogen functional groups attached to an aromatic ring is 1. The molecule has 0 aliphatic heterocycles. The highest BCUT2D eigenvalue weighted by molar-refractivity contribution is 6.35. The third-order valence-corrected chi connectivity index (χ3v) is 3.16. The summed E-state index contributed by atoms with van der Waals surface area (Å²) in [6, 6.07) is 5.11. The lowest BCUT2D eigenvalue weighted by Crippen LogP contribution is -2.02. The van der Waals surface area contributed by atoms with Crippen molar-refractivity contribution in [1.29, 1.82) is 0 Å². The number of rotatable bonds is 3. The highest BCUT2D eigenvalue weighted by atomic mass is 35.5. The standard InChI is InChI=1S/C12H12Cl2N4O/c1-6-3-8(14)9(4-7(6)13)16-10-5-11(19-2)18-12(15)17-10/h3-5H,1-2H3,(H3,15,16,17,18). The van der Waals surface area contributed by atoms with E-state index in [1.54, 1.807) is 18.2 Å². The van der Waals surface area contributed by atoms with E-state index in [4.69, 9.17) is 33.7 Å². The van der Waals surface area contributed by atoms with Crippen molar-refractivity contribution in [2.24, 2.45) is 0 Å². The molecule has 0 radical (unpaired) electrons. The molecule has 1 aromatic carbocycles. The van der Waals surface area contributed by atoms with Gasteiger partial charge in [-0.3, -0.25) is 0 Å². The summed E-state index contributed by atoms with van der Waals surface area (Å²) in [5, 5.41) is 4.18. The van der Waals surface area contributed by atoms with Crippen LogP contribution in [0.2, 0.25) is 10.0 Å². The molecule has 100 valence electrons. The van der Waals surface area contributed by atoms with E-state index in [9.17, 15) is 0 Å². The number of nitrogens with zero attached hydrogens (tertiary/aromatic N) is 2. The number of aromatic nitrogens is 2. The van der Waals surface area contributed by atoms with Crippen LogP contribution in [0.25, 0.3) is 0 Å². The molecule has 5 nitrogen and oxygen atoms in total. The minimum Gasteiger partial charge on any atom is -0.481 e. The molecule has 19 heavy (non-hydrogen) atoms. The Kier molecular flexibility index (Phi) is 3.97. The Morgan fingerprint density at radius 1 is 1.16 bits per heavy atom. The number of aryl methyl sites for hydroxylation is 1. The summed E-state index contributed by atoms with van der Waals surface area (Å²) in [5.74, 6) is 0.951. The van der Waals surface area contributed by atoms with Crippen LogP contribution in [-0.2, 0) is 0 Å². The number of nitrogens with one attached hydrogen (secondary N) is 1. The molecule has 7 heteroatoms. The maximum atomic E-state index is 6.14. The van der Waals surface area contributed by atoms with Crippen LogP contribution in [0.15, 0.2) is 18.2 Å². The van der Waals surface area contributed by atoms with Gasteiger partial charge in [-0.05, 0) is 24.6 Å². The third-order valence-electron chi connectivity index (χ3n) is 2.44. The van der Waals surface area contributed by atoms with Gasteiger partial charge in [0, 0.05) is 11.1 Å². The van der Waals surface area contributed by atoms with E-state index in [2.05, 4.69) is 15.3 Å². The van der Waals surface area contributed by atoms with Gasteiger partial charge in [-0.1, -0.05) is 23.2 Å². The van der Waals surface area contributed by atoms with Crippen molar-refractivity contribution in [2.75, 3.05) is 18.2 Å². The average molecular weight is 299 g/mol. The fourth-order valence-corrected chi connectivity index (χ4v) is 1.92. The summed E-state index contributed by atoms with van der Waals surface area (Å²) < 4.78 is 5.02. The van der Waals surface area contributed by atoms with Crippen molar-refractivity contribution >= 4 is 40.7 Å². The van der Waals surface area contributed by atoms with Crippen molar-refractivity contribution in [3.05, 3.63) is 33.8 Å². The number of methoxy groups -OCH3 is 1. The Morgan fingerprint density at radius 3 is 2.58 bits per heavy atom. The Balaban J connectivity index is 2.36. The summed E-state index contributed by atoms with van der Waals surface area (Å²) in [5.41, 5.74) is 7.12. The maximum absolute atomic E-state index is 6.14. The molecular weight excluding hydrogens is 287 g/mol. The van der Waals surface area contributed by atoms with Gasteiger partial charge >= 0.3 is 0 Å². The van der Waals surface area contributed by atoms with E-state index >= 15 is 0 Å². The number of nitrogens with two attached hydrogens (primary N) is 1. The molecule has 1 aromatic heterocycles. The quantitative estimate of drug-likeness (QED) is 0.908. The minimum atomic E-state index is 0.108. The van der Waals surface area contributed by atoms with Crippen LogP contribution in [0.5, 0.6) is 5.88 Å². The lowest BCUT2D eigenvalue weighted by atomic mass is 10.2. The molecule has 0 atom stereocenters. The Hall–Kier alpha value is -1.72. The zero-order chi connectivity index (χ0) is 14.0. The molecule has 0 saturated carbocycles. The second kappa shape index (κ2) is 5.50. The summed E-state index contributed by atoms with van der Waals surface area (Å²) in [6.45, 7) is 1.88. The maximum Gasteiger partial charge on any atom is 0.225 e. The van der Waals surface area contributed by atoms with Crippen molar-refractivity contribution in [3.63, 3.8) is 0 Å². The van der Waals surface area contributed by atoms with Gasteiger partial charge in [0.1, 0.15) is 5.82 Å². The molecule has 0 amide bonds. The van der Waals surface area contributed by atoms with Crippen LogP contribution in [0.4, 0.5) is 17.5 Å². The van der Waals surface area contributed by atoms with Gasteiger partial charge in [0.2, 0.25) is 11.8 Å². The van der Waals surface area contributed by atoms with Gasteiger partial charge in [-0.15, -0.1) is 0 Å². The summed E-state index contributed by atoms with van der Waals surface area (Å²) in [4.78, 5) is 7.94. The second-order valence-corrected chi connectivity index (χ2v) is 4.67. The van der Waals surface area contributed by atoms with E-state index in [0.29, 0.717) is 27.4 Å². The highest BCUT2D eigenvalue weighted by Crippen LogP contribution is 2.31. The van der Waals surface area contributed by atoms with Crippen LogP contribution in [0, 0.1) is 6.92 Å². The Morgan fingerprint density at radius 2 is 1.89 bits per heavy atom. The summed E-state index contributed by atoms with van der Waals surface area (Å²) in [6.07, 6.45) is 0. The molecule has 0 fully saturated rings. The molecule has 3 N–H and O–H groups in total. The first-order valence-corrected chi connectivity index (χ1v) is 6.16. The number of ether oxygens (including phenoxy) is 1. The number of benzene rings is 1. The van der Waals surface area contributed by atoms with Crippen molar-refractivity contribution < 1.29 is 4.74 Å². The predicted molar refractivity (Wildman–Crippen MR) is 77.5 cm³/mol. The minimum absolute atomic E-state index is 0.108. The lowest BCUT2D eigenvalue weighted by Gasteiger charge is -2.10. The molecule has 0 unspecified atom stereocenters. The molecule has 0 aliphatic carbocycles. The number of hydrogen-bond donors (Lipinski definition) is 2. The number of halogens is 2. The second-order valence-electron chi connectivity index (χ2n) is 3.86. The normalized spacial score (nSPS) is 10.3. The van der Waals surface area contributed by atoms with Gasteiger partial charge in [-0.25, -0.2) is 0 Å². The van der Waals surface area contributed by atoms with E-state index < -0.39 is 0 Å². The summed E-state index contributed by atoms with van der Waals surface area (Å²) in [7, 11) is 1.50. The van der Waals surface area contributed by atoms with Gasteiger partial charge in [0.15, 0.2) is 0 Å². The number of anilines is 3. The smallest absolute Gasteiger partial charge is 0.225 e. The van der Waals surface area contributed by atoms with Crippen molar-refractivity contribution in [2.45, 2.75) is 6.92 Å². The molecule has 2 rings (SSSR count). The first-order valence-electron chi connectivity index (χ1n) is 5.41. The predicted octanol–water partition coefficient (Wildman–Crippen LogP) is 3.43. The summed E-state index contributed by atoms with van der Waals surface area (Å²) >= 11 is 12.2. The topological polar surface area (TPSA) is 73.1 Å². The van der Waals surface area contributed by atoms with E-state index in [-0.39, 0.29) is 5.95 Å². The fraction of sp³-hybridized carbons (Fsp3) is 0.167. The first kappa shape index (κ1) is 13.7. The van der Waals surface area contributed by atoms with Crippen LogP contribution < -0.4 is 15.8 Å². The monoisotopic (exact) mass is 298 g/mol. The van der Waals surface area contributed by atoms with Crippen molar-refractivity contribution in [3.8, 4) is 5.88 Å². The van der Waals surface area contributed by atoms with E-state index in [0.717, 1.165) is 5.56 Å². The SMILES string of the molecule is COc1cc(Nc2cc(Cl)c(C)cc2Cl)nc(N)n1. The number of hydrogen-bond acceptors (Lipinski definition) is 5. The van der Waals surface area contributed by atoms with Crippen LogP contribution in [0.3, 0.4) is 0 Å². The van der Waals surface area contributed by atoms with Crippen LogP contribution in [0.1, 0.15) is 5.56 Å². The van der Waals surface area contributed by atoms with Gasteiger partial charge in [-0.2, -0.15) is 9.97 Å². The molecule has 1 heterocycles. The highest BCUT2D eigenvalue weighted by Gasteiger charge is 2.08. The molecule has 0 saturated heterocycles.